The van der Waals surface area contributed by atoms with E-state index in [0.717, 1.165) is 22.7 Å². The van der Waals surface area contributed by atoms with E-state index >= 15 is 0 Å². The molecule has 8 nitrogen and oxygen atoms in total. The molecule has 0 atom stereocenters. The van der Waals surface area contributed by atoms with Crippen LogP contribution in [0.2, 0.25) is 0 Å². The van der Waals surface area contributed by atoms with Crippen molar-refractivity contribution in [3.63, 3.8) is 0 Å². The number of carbonyl (C=O) groups is 1. The number of H-pyrrole nitrogens is 1. The zero-order valence-electron chi connectivity index (χ0n) is 15.9. The van der Waals surface area contributed by atoms with Gasteiger partial charge in [0.1, 0.15) is 22.3 Å². The number of hydrogen-bond donors (Lipinski definition) is 2. The summed E-state index contributed by atoms with van der Waals surface area (Å²) in [6.45, 7) is 4.17. The van der Waals surface area contributed by atoms with E-state index in [0.29, 0.717) is 23.3 Å². The number of nitrogens with one attached hydrogen (secondary N) is 2. The van der Waals surface area contributed by atoms with Crippen LogP contribution < -0.4 is 15.6 Å². The molecule has 146 valence electrons. The molecule has 0 unspecified atom stereocenters. The fraction of sp³-hybridized carbons (Fsp3) is 0.316. The number of anilines is 1. The van der Waals surface area contributed by atoms with Gasteiger partial charge in [-0.3, -0.25) is 14.9 Å². The van der Waals surface area contributed by atoms with Gasteiger partial charge >= 0.3 is 0 Å². The molecule has 0 aliphatic rings. The van der Waals surface area contributed by atoms with Crippen molar-refractivity contribution in [3.8, 4) is 5.75 Å². The molecule has 2 N–H and O–H groups in total. The largest absolute Gasteiger partial charge is 0.497 e. The summed E-state index contributed by atoms with van der Waals surface area (Å²) in [5, 5.41) is 11.9. The van der Waals surface area contributed by atoms with Gasteiger partial charge in [-0.15, -0.1) is 10.2 Å². The monoisotopic (exact) mass is 399 g/mol. The standard InChI is InChI=1S/C19H21N5O3S/c1-11(2)8-17-23-24-19(28-17)22-18(26)14-10-16(25)21-15(20-14)9-12-4-6-13(27-3)7-5-12/h4-7,10-11H,8-9H2,1-3H3,(H,20,21,25)(H,22,24,26). The van der Waals surface area contributed by atoms with E-state index in [1.54, 1.807) is 7.11 Å². The van der Waals surface area contributed by atoms with Gasteiger partial charge in [-0.25, -0.2) is 4.98 Å². The van der Waals surface area contributed by atoms with E-state index in [4.69, 9.17) is 4.74 Å². The minimum Gasteiger partial charge on any atom is -0.497 e. The summed E-state index contributed by atoms with van der Waals surface area (Å²) >= 11 is 1.32. The Kier molecular flexibility index (Phi) is 6.15. The molecule has 2 heterocycles. The van der Waals surface area contributed by atoms with E-state index in [2.05, 4.69) is 39.3 Å². The van der Waals surface area contributed by atoms with Crippen LogP contribution in [-0.2, 0) is 12.8 Å². The smallest absolute Gasteiger partial charge is 0.276 e. The van der Waals surface area contributed by atoms with E-state index in [1.165, 1.54) is 17.4 Å². The number of nitrogens with zero attached hydrogens (tertiary/aromatic N) is 3. The normalized spacial score (nSPS) is 10.9. The maximum Gasteiger partial charge on any atom is 0.276 e. The summed E-state index contributed by atoms with van der Waals surface area (Å²) in [5.41, 5.74) is 0.582. The molecule has 0 aliphatic heterocycles. The van der Waals surface area contributed by atoms with Crippen LogP contribution in [0, 0.1) is 5.92 Å². The maximum absolute atomic E-state index is 12.5. The molecule has 3 rings (SSSR count). The van der Waals surface area contributed by atoms with Crippen molar-refractivity contribution in [3.05, 3.63) is 62.8 Å². The van der Waals surface area contributed by atoms with Gasteiger partial charge in [0.25, 0.3) is 11.5 Å². The average molecular weight is 399 g/mol. The van der Waals surface area contributed by atoms with Gasteiger partial charge in [0.05, 0.1) is 7.11 Å². The third kappa shape index (κ3) is 5.23. The Morgan fingerprint density at radius 1 is 1.25 bits per heavy atom. The van der Waals surface area contributed by atoms with Gasteiger partial charge in [-0.1, -0.05) is 37.3 Å². The zero-order valence-corrected chi connectivity index (χ0v) is 16.7. The van der Waals surface area contributed by atoms with Gasteiger partial charge in [-0.2, -0.15) is 0 Å². The topological polar surface area (TPSA) is 110 Å². The summed E-state index contributed by atoms with van der Waals surface area (Å²) in [4.78, 5) is 31.4. The van der Waals surface area contributed by atoms with Gasteiger partial charge in [0, 0.05) is 18.9 Å². The van der Waals surface area contributed by atoms with E-state index < -0.39 is 5.91 Å². The van der Waals surface area contributed by atoms with Crippen LogP contribution in [-0.4, -0.2) is 33.2 Å². The Morgan fingerprint density at radius 3 is 2.68 bits per heavy atom. The van der Waals surface area contributed by atoms with Gasteiger partial charge < -0.3 is 9.72 Å². The van der Waals surface area contributed by atoms with Crippen molar-refractivity contribution in [1.29, 1.82) is 0 Å². The molecule has 0 saturated carbocycles. The van der Waals surface area contributed by atoms with Gasteiger partial charge in [0.15, 0.2) is 0 Å². The van der Waals surface area contributed by atoms with Crippen LogP contribution in [0.1, 0.15) is 40.7 Å². The third-order valence-electron chi connectivity index (χ3n) is 3.82. The SMILES string of the molecule is COc1ccc(Cc2nc(C(=O)Nc3nnc(CC(C)C)s3)cc(=O)[nH]2)cc1. The molecule has 28 heavy (non-hydrogen) atoms. The Hall–Kier alpha value is -3.07. The summed E-state index contributed by atoms with van der Waals surface area (Å²) in [6, 6.07) is 8.58. The number of benzene rings is 1. The van der Waals surface area contributed by atoms with Crippen LogP contribution in [0.5, 0.6) is 5.75 Å². The predicted molar refractivity (Wildman–Crippen MR) is 107 cm³/mol. The lowest BCUT2D eigenvalue weighted by Gasteiger charge is -2.05. The molecular weight excluding hydrogens is 378 g/mol. The minimum atomic E-state index is -0.491. The molecular formula is C19H21N5O3S. The average Bonchev–Trinajstić information content (AvgIpc) is 3.08. The Bertz CT molecular complexity index is 1010. The fourth-order valence-corrected chi connectivity index (χ4v) is 3.49. The third-order valence-corrected chi connectivity index (χ3v) is 4.69. The molecule has 0 fully saturated rings. The highest BCUT2D eigenvalue weighted by atomic mass is 32.1. The van der Waals surface area contributed by atoms with E-state index in [-0.39, 0.29) is 11.3 Å². The molecule has 2 aromatic heterocycles. The number of carbonyl (C=O) groups excluding carboxylic acids is 1. The highest BCUT2D eigenvalue weighted by Gasteiger charge is 2.14. The lowest BCUT2D eigenvalue weighted by Crippen LogP contribution is -2.20. The van der Waals surface area contributed by atoms with Crippen LogP contribution >= 0.6 is 11.3 Å². The number of aromatic amines is 1. The summed E-state index contributed by atoms with van der Waals surface area (Å²) in [5.74, 6) is 1.11. The van der Waals surface area contributed by atoms with Crippen molar-refractivity contribution in [1.82, 2.24) is 20.2 Å². The van der Waals surface area contributed by atoms with E-state index in [9.17, 15) is 9.59 Å². The molecule has 0 bridgehead atoms. The van der Waals surface area contributed by atoms with Gasteiger partial charge in [0.2, 0.25) is 5.13 Å². The maximum atomic E-state index is 12.5. The van der Waals surface area contributed by atoms with E-state index in [1.807, 2.05) is 24.3 Å². The predicted octanol–water partition coefficient (Wildman–Crippen LogP) is 2.67. The second-order valence-corrected chi connectivity index (χ2v) is 7.72. The first-order valence-electron chi connectivity index (χ1n) is 8.80. The molecule has 0 aliphatic carbocycles. The van der Waals surface area contributed by atoms with Crippen LogP contribution in [0.15, 0.2) is 35.1 Å². The number of methoxy groups -OCH3 is 1. The first-order valence-corrected chi connectivity index (χ1v) is 9.61. The highest BCUT2D eigenvalue weighted by Crippen LogP contribution is 2.19. The summed E-state index contributed by atoms with van der Waals surface area (Å²) < 4.78 is 5.13. The molecule has 0 spiro atoms. The Balaban J connectivity index is 1.73. The lowest BCUT2D eigenvalue weighted by molar-refractivity contribution is 0.102. The molecule has 1 aromatic carbocycles. The second kappa shape index (κ2) is 8.75. The van der Waals surface area contributed by atoms with Crippen molar-refractivity contribution in [2.24, 2.45) is 5.92 Å². The number of amides is 1. The number of hydrogen-bond acceptors (Lipinski definition) is 7. The second-order valence-electron chi connectivity index (χ2n) is 6.66. The first kappa shape index (κ1) is 19.7. The summed E-state index contributed by atoms with van der Waals surface area (Å²) in [7, 11) is 1.60. The quantitative estimate of drug-likeness (QED) is 0.632. The molecule has 1 amide bonds. The van der Waals surface area contributed by atoms with Crippen molar-refractivity contribution in [2.75, 3.05) is 12.4 Å². The van der Waals surface area contributed by atoms with Crippen molar-refractivity contribution >= 4 is 22.4 Å². The molecule has 0 radical (unpaired) electrons. The zero-order chi connectivity index (χ0) is 20.1. The van der Waals surface area contributed by atoms with Crippen molar-refractivity contribution in [2.45, 2.75) is 26.7 Å². The highest BCUT2D eigenvalue weighted by molar-refractivity contribution is 7.15. The lowest BCUT2D eigenvalue weighted by atomic mass is 10.1. The number of aromatic nitrogens is 4. The van der Waals surface area contributed by atoms with Crippen LogP contribution in [0.3, 0.4) is 0 Å². The fourth-order valence-electron chi connectivity index (χ4n) is 2.54. The Morgan fingerprint density at radius 2 is 2.00 bits per heavy atom. The minimum absolute atomic E-state index is 0.0351. The summed E-state index contributed by atoms with van der Waals surface area (Å²) in [6.07, 6.45) is 1.18. The molecule has 0 saturated heterocycles. The van der Waals surface area contributed by atoms with Crippen LogP contribution in [0.25, 0.3) is 0 Å². The number of ether oxygens (including phenoxy) is 1. The van der Waals surface area contributed by atoms with Crippen LogP contribution in [0.4, 0.5) is 5.13 Å². The molecule has 3 aromatic rings. The number of rotatable bonds is 7. The molecule has 9 heteroatoms. The van der Waals surface area contributed by atoms with Crippen molar-refractivity contribution < 1.29 is 9.53 Å². The first-order chi connectivity index (χ1) is 13.4. The van der Waals surface area contributed by atoms with Gasteiger partial charge in [-0.05, 0) is 23.6 Å². The Labute approximate surface area is 166 Å².